The monoisotopic (exact) mass is 339 g/mol. The summed E-state index contributed by atoms with van der Waals surface area (Å²) in [7, 11) is 1.33. The van der Waals surface area contributed by atoms with Crippen LogP contribution in [0.1, 0.15) is 26.3 Å². The molecular formula is C16H12F3NO4. The van der Waals surface area contributed by atoms with Gasteiger partial charge in [0.1, 0.15) is 5.75 Å². The van der Waals surface area contributed by atoms with E-state index in [1.165, 1.54) is 19.2 Å². The summed E-state index contributed by atoms with van der Waals surface area (Å²) < 4.78 is 43.4. The molecule has 2 N–H and O–H groups in total. The number of halogens is 3. The number of rotatable bonds is 4. The number of carboxylic acid groups (broad SMARTS) is 1. The molecule has 5 nitrogen and oxygen atoms in total. The van der Waals surface area contributed by atoms with Crippen LogP contribution in [0.2, 0.25) is 0 Å². The average Bonchev–Trinajstić information content (AvgIpc) is 2.53. The molecule has 0 heterocycles. The van der Waals surface area contributed by atoms with Crippen LogP contribution in [-0.4, -0.2) is 24.1 Å². The number of carbonyl (C=O) groups excluding carboxylic acids is 1. The molecule has 2 rings (SSSR count). The van der Waals surface area contributed by atoms with E-state index >= 15 is 0 Å². The van der Waals surface area contributed by atoms with Crippen LogP contribution in [0.15, 0.2) is 42.5 Å². The third kappa shape index (κ3) is 3.65. The van der Waals surface area contributed by atoms with Crippen molar-refractivity contribution in [3.05, 3.63) is 59.2 Å². The Balaban J connectivity index is 2.43. The molecule has 0 atom stereocenters. The molecule has 0 aliphatic rings. The van der Waals surface area contributed by atoms with Crippen molar-refractivity contribution in [2.24, 2.45) is 0 Å². The van der Waals surface area contributed by atoms with Crippen molar-refractivity contribution < 1.29 is 32.6 Å². The first kappa shape index (κ1) is 17.3. The standard InChI is InChI=1S/C16H12F3NO4/c1-24-13-5-3-2-4-11(13)14(21)20-12-8-9(16(17,18)19)6-7-10(12)15(22)23/h2-8H,1H3,(H,20,21)(H,22,23). The highest BCUT2D eigenvalue weighted by Crippen LogP contribution is 2.32. The lowest BCUT2D eigenvalue weighted by Gasteiger charge is -2.13. The molecular weight excluding hydrogens is 327 g/mol. The maximum atomic E-state index is 12.8. The molecule has 0 saturated carbocycles. The Hall–Kier alpha value is -3.03. The van der Waals surface area contributed by atoms with Crippen molar-refractivity contribution >= 4 is 17.6 Å². The molecule has 0 saturated heterocycles. The van der Waals surface area contributed by atoms with Crippen LogP contribution >= 0.6 is 0 Å². The SMILES string of the molecule is COc1ccccc1C(=O)Nc1cc(C(F)(F)F)ccc1C(=O)O. The van der Waals surface area contributed by atoms with Crippen molar-refractivity contribution in [3.63, 3.8) is 0 Å². The highest BCUT2D eigenvalue weighted by Gasteiger charge is 2.32. The summed E-state index contributed by atoms with van der Waals surface area (Å²) in [5.74, 6) is -2.04. The second kappa shape index (κ2) is 6.61. The second-order valence-corrected chi connectivity index (χ2v) is 4.72. The van der Waals surface area contributed by atoms with Gasteiger partial charge in [0.15, 0.2) is 0 Å². The molecule has 0 unspecified atom stereocenters. The number of carbonyl (C=O) groups is 2. The number of anilines is 1. The molecule has 0 spiro atoms. The molecule has 0 fully saturated rings. The number of nitrogens with one attached hydrogen (secondary N) is 1. The number of hydrogen-bond acceptors (Lipinski definition) is 3. The predicted octanol–water partition coefficient (Wildman–Crippen LogP) is 3.66. The summed E-state index contributed by atoms with van der Waals surface area (Å²) in [5.41, 5.74) is -1.91. The van der Waals surface area contributed by atoms with Crippen molar-refractivity contribution in [1.82, 2.24) is 0 Å². The maximum absolute atomic E-state index is 12.8. The first-order valence-corrected chi connectivity index (χ1v) is 6.63. The number of para-hydroxylation sites is 1. The lowest BCUT2D eigenvalue weighted by atomic mass is 10.1. The van der Waals surface area contributed by atoms with Crippen LogP contribution in [0.25, 0.3) is 0 Å². The minimum Gasteiger partial charge on any atom is -0.496 e. The van der Waals surface area contributed by atoms with E-state index in [9.17, 15) is 22.8 Å². The number of aromatic carboxylic acids is 1. The van der Waals surface area contributed by atoms with Crippen molar-refractivity contribution in [2.75, 3.05) is 12.4 Å². The molecule has 0 bridgehead atoms. The molecule has 0 aromatic heterocycles. The van der Waals surface area contributed by atoms with Crippen molar-refractivity contribution in [1.29, 1.82) is 0 Å². The summed E-state index contributed by atoms with van der Waals surface area (Å²) in [5, 5.41) is 11.3. The lowest BCUT2D eigenvalue weighted by Crippen LogP contribution is -2.17. The van der Waals surface area contributed by atoms with Gasteiger partial charge in [0.05, 0.1) is 29.5 Å². The normalized spacial score (nSPS) is 11.0. The third-order valence-corrected chi connectivity index (χ3v) is 3.18. The number of alkyl halides is 3. The Labute approximate surface area is 134 Å². The van der Waals surface area contributed by atoms with Crippen LogP contribution in [-0.2, 0) is 6.18 Å². The van der Waals surface area contributed by atoms with Crippen LogP contribution in [0.4, 0.5) is 18.9 Å². The number of ether oxygens (including phenoxy) is 1. The van der Waals surface area contributed by atoms with Gasteiger partial charge in [0.25, 0.3) is 5.91 Å². The topological polar surface area (TPSA) is 75.6 Å². The maximum Gasteiger partial charge on any atom is 0.416 e. The molecule has 0 aliphatic carbocycles. The number of benzene rings is 2. The smallest absolute Gasteiger partial charge is 0.416 e. The van der Waals surface area contributed by atoms with Crippen LogP contribution in [0, 0.1) is 0 Å². The highest BCUT2D eigenvalue weighted by atomic mass is 19.4. The molecule has 2 aromatic carbocycles. The predicted molar refractivity (Wildman–Crippen MR) is 79.4 cm³/mol. The minimum absolute atomic E-state index is 0.0637. The van der Waals surface area contributed by atoms with E-state index in [1.54, 1.807) is 12.1 Å². The van der Waals surface area contributed by atoms with E-state index in [-0.39, 0.29) is 11.3 Å². The van der Waals surface area contributed by atoms with Gasteiger partial charge in [-0.2, -0.15) is 13.2 Å². The first-order valence-electron chi connectivity index (χ1n) is 6.63. The summed E-state index contributed by atoms with van der Waals surface area (Å²) >= 11 is 0. The Morgan fingerprint density at radius 1 is 1.08 bits per heavy atom. The summed E-state index contributed by atoms with van der Waals surface area (Å²) in [4.78, 5) is 23.4. The van der Waals surface area contributed by atoms with Gasteiger partial charge in [-0.25, -0.2) is 4.79 Å². The van der Waals surface area contributed by atoms with Gasteiger partial charge in [-0.15, -0.1) is 0 Å². The molecule has 0 aliphatic heterocycles. The minimum atomic E-state index is -4.67. The summed E-state index contributed by atoms with van der Waals surface area (Å²) in [6.07, 6.45) is -4.67. The Morgan fingerprint density at radius 2 is 1.75 bits per heavy atom. The molecule has 2 aromatic rings. The van der Waals surface area contributed by atoms with Crippen LogP contribution < -0.4 is 10.1 Å². The molecule has 8 heteroatoms. The number of methoxy groups -OCH3 is 1. The van der Waals surface area contributed by atoms with Gasteiger partial charge in [-0.05, 0) is 30.3 Å². The van der Waals surface area contributed by atoms with Crippen molar-refractivity contribution in [3.8, 4) is 5.75 Å². The molecule has 24 heavy (non-hydrogen) atoms. The van der Waals surface area contributed by atoms with Crippen LogP contribution in [0.3, 0.4) is 0 Å². The zero-order valence-electron chi connectivity index (χ0n) is 12.3. The largest absolute Gasteiger partial charge is 0.496 e. The van der Waals surface area contributed by atoms with E-state index in [0.29, 0.717) is 12.1 Å². The van der Waals surface area contributed by atoms with Gasteiger partial charge in [-0.1, -0.05) is 12.1 Å². The Kier molecular flexibility index (Phi) is 4.77. The zero-order valence-corrected chi connectivity index (χ0v) is 12.3. The van der Waals surface area contributed by atoms with Gasteiger partial charge in [0.2, 0.25) is 0 Å². The van der Waals surface area contributed by atoms with Crippen molar-refractivity contribution in [2.45, 2.75) is 6.18 Å². The average molecular weight is 339 g/mol. The fourth-order valence-electron chi connectivity index (χ4n) is 2.03. The number of carboxylic acids is 1. The third-order valence-electron chi connectivity index (χ3n) is 3.18. The van der Waals surface area contributed by atoms with Gasteiger partial charge >= 0.3 is 12.1 Å². The molecule has 0 radical (unpaired) electrons. The molecule has 126 valence electrons. The summed E-state index contributed by atoms with van der Waals surface area (Å²) in [6.45, 7) is 0. The second-order valence-electron chi connectivity index (χ2n) is 4.72. The number of hydrogen-bond donors (Lipinski definition) is 2. The zero-order chi connectivity index (χ0) is 17.9. The van der Waals surface area contributed by atoms with E-state index in [1.807, 2.05) is 0 Å². The highest BCUT2D eigenvalue weighted by molar-refractivity contribution is 6.09. The van der Waals surface area contributed by atoms with E-state index in [4.69, 9.17) is 9.84 Å². The fraction of sp³-hybridized carbons (Fsp3) is 0.125. The van der Waals surface area contributed by atoms with E-state index < -0.39 is 34.9 Å². The van der Waals surface area contributed by atoms with Crippen LogP contribution in [0.5, 0.6) is 5.75 Å². The quantitative estimate of drug-likeness (QED) is 0.891. The Bertz CT molecular complexity index is 787. The fourth-order valence-corrected chi connectivity index (χ4v) is 2.03. The lowest BCUT2D eigenvalue weighted by molar-refractivity contribution is -0.137. The van der Waals surface area contributed by atoms with E-state index in [0.717, 1.165) is 6.07 Å². The molecule has 1 amide bonds. The van der Waals surface area contributed by atoms with E-state index in [2.05, 4.69) is 5.32 Å². The number of amides is 1. The Morgan fingerprint density at radius 3 is 2.33 bits per heavy atom. The summed E-state index contributed by atoms with van der Waals surface area (Å²) in [6, 6.07) is 8.08. The van der Waals surface area contributed by atoms with Gasteiger partial charge in [-0.3, -0.25) is 4.79 Å². The van der Waals surface area contributed by atoms with Gasteiger partial charge < -0.3 is 15.2 Å². The first-order chi connectivity index (χ1) is 11.2. The van der Waals surface area contributed by atoms with Gasteiger partial charge in [0, 0.05) is 0 Å².